The van der Waals surface area contributed by atoms with Gasteiger partial charge in [0.25, 0.3) is 0 Å². The van der Waals surface area contributed by atoms with Gasteiger partial charge in [0.05, 0.1) is 11.0 Å². The molecule has 1 aliphatic rings. The van der Waals surface area contributed by atoms with E-state index in [9.17, 15) is 17.9 Å². The van der Waals surface area contributed by atoms with E-state index in [1.165, 1.54) is 12.1 Å². The summed E-state index contributed by atoms with van der Waals surface area (Å²) >= 11 is 3.07. The predicted octanol–water partition coefficient (Wildman–Crippen LogP) is 1.64. The molecule has 0 aromatic heterocycles. The fourth-order valence-corrected chi connectivity index (χ4v) is 3.63. The van der Waals surface area contributed by atoms with Crippen LogP contribution in [-0.4, -0.2) is 26.2 Å². The number of hydrogen-bond donors (Lipinski definition) is 2. The van der Waals surface area contributed by atoms with Crippen molar-refractivity contribution in [1.82, 2.24) is 4.72 Å². The Morgan fingerprint density at radius 3 is 2.78 bits per heavy atom. The van der Waals surface area contributed by atoms with Crippen LogP contribution >= 0.6 is 15.9 Å². The highest BCUT2D eigenvalue weighted by Gasteiger charge is 2.30. The number of aliphatic hydroxyl groups is 1. The zero-order valence-corrected chi connectivity index (χ0v) is 11.8. The topological polar surface area (TPSA) is 66.4 Å². The summed E-state index contributed by atoms with van der Waals surface area (Å²) < 4.78 is 39.5. The molecule has 0 aliphatic heterocycles. The van der Waals surface area contributed by atoms with Gasteiger partial charge in [0.2, 0.25) is 10.0 Å². The van der Waals surface area contributed by atoms with Crippen LogP contribution < -0.4 is 4.72 Å². The van der Waals surface area contributed by atoms with Crippen LogP contribution in [0.2, 0.25) is 0 Å². The third-order valence-electron chi connectivity index (χ3n) is 2.83. The number of sulfonamides is 1. The van der Waals surface area contributed by atoms with E-state index in [2.05, 4.69) is 20.7 Å². The standard InChI is InChI=1S/C11H13BrFNO3S/c12-9-4-3-8(13)5-11(9)18(16,17)14-6-10(15)7-1-2-7/h3-5,7,10,14-15H,1-2,6H2. The van der Waals surface area contributed by atoms with Crippen molar-refractivity contribution >= 4 is 26.0 Å². The summed E-state index contributed by atoms with van der Waals surface area (Å²) in [6.07, 6.45) is 1.17. The van der Waals surface area contributed by atoms with Crippen molar-refractivity contribution in [1.29, 1.82) is 0 Å². The summed E-state index contributed by atoms with van der Waals surface area (Å²) in [6.45, 7) is -0.0457. The van der Waals surface area contributed by atoms with E-state index >= 15 is 0 Å². The molecule has 1 unspecified atom stereocenters. The molecule has 0 saturated heterocycles. The minimum Gasteiger partial charge on any atom is -0.391 e. The molecule has 0 bridgehead atoms. The van der Waals surface area contributed by atoms with Crippen molar-refractivity contribution in [2.24, 2.45) is 5.92 Å². The van der Waals surface area contributed by atoms with Gasteiger partial charge in [-0.3, -0.25) is 0 Å². The van der Waals surface area contributed by atoms with Crippen molar-refractivity contribution in [3.05, 3.63) is 28.5 Å². The average Bonchev–Trinajstić information content (AvgIpc) is 3.13. The van der Waals surface area contributed by atoms with Crippen LogP contribution in [0.3, 0.4) is 0 Å². The molecule has 4 nitrogen and oxygen atoms in total. The third kappa shape index (κ3) is 3.28. The maximum atomic E-state index is 13.1. The van der Waals surface area contributed by atoms with Crippen LogP contribution in [0.5, 0.6) is 0 Å². The highest BCUT2D eigenvalue weighted by molar-refractivity contribution is 9.10. The smallest absolute Gasteiger partial charge is 0.241 e. The first-order chi connectivity index (χ1) is 8.40. The van der Waals surface area contributed by atoms with E-state index in [0.717, 1.165) is 18.9 Å². The van der Waals surface area contributed by atoms with Crippen molar-refractivity contribution in [2.45, 2.75) is 23.8 Å². The second-order valence-corrected chi connectivity index (χ2v) is 6.92. The number of rotatable bonds is 5. The minimum atomic E-state index is -3.81. The summed E-state index contributed by atoms with van der Waals surface area (Å²) in [4.78, 5) is -0.162. The van der Waals surface area contributed by atoms with E-state index < -0.39 is 21.9 Å². The molecule has 18 heavy (non-hydrogen) atoms. The zero-order chi connectivity index (χ0) is 13.3. The van der Waals surface area contributed by atoms with Crippen LogP contribution in [0.4, 0.5) is 4.39 Å². The normalized spacial score (nSPS) is 17.7. The minimum absolute atomic E-state index is 0.0457. The largest absolute Gasteiger partial charge is 0.391 e. The average molecular weight is 338 g/mol. The van der Waals surface area contributed by atoms with Gasteiger partial charge < -0.3 is 5.11 Å². The number of hydrogen-bond acceptors (Lipinski definition) is 3. The Bertz CT molecular complexity index is 545. The first-order valence-corrected chi connectivity index (χ1v) is 7.80. The van der Waals surface area contributed by atoms with Gasteiger partial charge in [-0.2, -0.15) is 0 Å². The van der Waals surface area contributed by atoms with Crippen LogP contribution in [-0.2, 0) is 10.0 Å². The highest BCUT2D eigenvalue weighted by Crippen LogP contribution is 2.32. The van der Waals surface area contributed by atoms with Crippen molar-refractivity contribution < 1.29 is 17.9 Å². The van der Waals surface area contributed by atoms with Crippen LogP contribution in [0.1, 0.15) is 12.8 Å². The molecule has 0 radical (unpaired) electrons. The van der Waals surface area contributed by atoms with Gasteiger partial charge in [-0.1, -0.05) is 0 Å². The first kappa shape index (κ1) is 13.9. The monoisotopic (exact) mass is 337 g/mol. The molecule has 0 amide bonds. The number of aliphatic hydroxyl groups excluding tert-OH is 1. The maximum absolute atomic E-state index is 13.1. The summed E-state index contributed by atoms with van der Waals surface area (Å²) in [7, 11) is -3.81. The van der Waals surface area contributed by atoms with Crippen LogP contribution in [0.25, 0.3) is 0 Å². The van der Waals surface area contributed by atoms with E-state index in [4.69, 9.17) is 0 Å². The van der Waals surface area contributed by atoms with Crippen LogP contribution in [0, 0.1) is 11.7 Å². The molecule has 0 heterocycles. The number of nitrogens with one attached hydrogen (secondary N) is 1. The molecule has 0 spiro atoms. The first-order valence-electron chi connectivity index (χ1n) is 5.53. The fourth-order valence-electron chi connectivity index (χ4n) is 1.60. The van der Waals surface area contributed by atoms with Gasteiger partial charge in [-0.25, -0.2) is 17.5 Å². The summed E-state index contributed by atoms with van der Waals surface area (Å²) in [5.41, 5.74) is 0. The molecule has 1 aromatic carbocycles. The Hall–Kier alpha value is -0.500. The molecule has 100 valence electrons. The van der Waals surface area contributed by atoms with Crippen LogP contribution in [0.15, 0.2) is 27.6 Å². The van der Waals surface area contributed by atoms with E-state index in [1.807, 2.05) is 0 Å². The molecular weight excluding hydrogens is 325 g/mol. The van der Waals surface area contributed by atoms with E-state index in [1.54, 1.807) is 0 Å². The third-order valence-corrected chi connectivity index (χ3v) is 5.25. The van der Waals surface area contributed by atoms with Gasteiger partial charge >= 0.3 is 0 Å². The van der Waals surface area contributed by atoms with E-state index in [0.29, 0.717) is 0 Å². The lowest BCUT2D eigenvalue weighted by atomic mass is 10.2. The molecule has 2 rings (SSSR count). The van der Waals surface area contributed by atoms with Crippen molar-refractivity contribution in [3.8, 4) is 0 Å². The lowest BCUT2D eigenvalue weighted by Gasteiger charge is -2.12. The molecule has 1 fully saturated rings. The second kappa shape index (κ2) is 5.24. The van der Waals surface area contributed by atoms with E-state index in [-0.39, 0.29) is 21.8 Å². The molecule has 1 atom stereocenters. The van der Waals surface area contributed by atoms with Crippen molar-refractivity contribution in [2.75, 3.05) is 6.54 Å². The molecule has 1 saturated carbocycles. The molecule has 7 heteroatoms. The van der Waals surface area contributed by atoms with Gasteiger partial charge in [-0.05, 0) is 52.9 Å². The Morgan fingerprint density at radius 2 is 2.17 bits per heavy atom. The number of benzene rings is 1. The molecular formula is C11H13BrFNO3S. The lowest BCUT2D eigenvalue weighted by molar-refractivity contribution is 0.155. The zero-order valence-electron chi connectivity index (χ0n) is 9.44. The summed E-state index contributed by atoms with van der Waals surface area (Å²) in [5, 5.41) is 9.61. The lowest BCUT2D eigenvalue weighted by Crippen LogP contribution is -2.33. The quantitative estimate of drug-likeness (QED) is 0.858. The van der Waals surface area contributed by atoms with Gasteiger partial charge in [0.15, 0.2) is 0 Å². The Labute approximate surface area is 113 Å². The van der Waals surface area contributed by atoms with Gasteiger partial charge in [0, 0.05) is 11.0 Å². The van der Waals surface area contributed by atoms with Crippen molar-refractivity contribution in [3.63, 3.8) is 0 Å². The van der Waals surface area contributed by atoms with Gasteiger partial charge in [0.1, 0.15) is 5.82 Å². The molecule has 1 aliphatic carbocycles. The fraction of sp³-hybridized carbons (Fsp3) is 0.455. The molecule has 2 N–H and O–H groups in total. The summed E-state index contributed by atoms with van der Waals surface area (Å²) in [6, 6.07) is 3.44. The Kier molecular flexibility index (Phi) is 4.05. The molecule has 1 aromatic rings. The van der Waals surface area contributed by atoms with Gasteiger partial charge in [-0.15, -0.1) is 0 Å². The Balaban J connectivity index is 2.11. The number of halogens is 2. The second-order valence-electron chi connectivity index (χ2n) is 4.33. The Morgan fingerprint density at radius 1 is 1.50 bits per heavy atom. The maximum Gasteiger partial charge on any atom is 0.241 e. The predicted molar refractivity (Wildman–Crippen MR) is 68.0 cm³/mol. The SMILES string of the molecule is O=S(=O)(NCC(O)C1CC1)c1cc(F)ccc1Br. The summed E-state index contributed by atoms with van der Waals surface area (Å²) in [5.74, 6) is -0.440. The highest BCUT2D eigenvalue weighted by atomic mass is 79.9.